The van der Waals surface area contributed by atoms with E-state index in [0.717, 1.165) is 11.8 Å². The minimum Gasteiger partial charge on any atom is -0.309 e. The summed E-state index contributed by atoms with van der Waals surface area (Å²) < 4.78 is 2.46. The van der Waals surface area contributed by atoms with Gasteiger partial charge < -0.3 is 4.57 Å². The predicted octanol–water partition coefficient (Wildman–Crippen LogP) is 12.6. The molecule has 0 N–H and O–H groups in total. The first-order chi connectivity index (χ1) is 29.1. The molecular weight excluding hydrogens is 721 g/mol. The van der Waals surface area contributed by atoms with Crippen molar-refractivity contribution in [3.8, 4) is 16.8 Å². The summed E-state index contributed by atoms with van der Waals surface area (Å²) >= 11 is 0. The summed E-state index contributed by atoms with van der Waals surface area (Å²) in [6, 6.07) is 56.4. The molecule has 1 nitrogen and oxygen atoms in total. The average molecular weight is 778 g/mol. The van der Waals surface area contributed by atoms with Crippen LogP contribution in [-0.4, -0.2) is 11.3 Å². The van der Waals surface area contributed by atoms with Crippen LogP contribution in [0.4, 0.5) is 0 Å². The van der Waals surface area contributed by atoms with E-state index in [9.17, 15) is 0 Å². The minimum absolute atomic E-state index is 0.171. The Hall–Kier alpha value is -5.60. The first kappa shape index (κ1) is 37.4. The van der Waals surface area contributed by atoms with Crippen LogP contribution in [0.3, 0.4) is 0 Å². The molecule has 0 saturated heterocycles. The molecule has 296 valence electrons. The van der Waals surface area contributed by atoms with Crippen molar-refractivity contribution in [1.29, 1.82) is 0 Å². The van der Waals surface area contributed by atoms with E-state index in [-0.39, 0.29) is 17.5 Å². The monoisotopic (exact) mass is 777 g/mol. The number of rotatable bonds is 7. The Bertz CT molecular complexity index is 2790. The standard InChI is InChI=1S/C58H56BN/c1-37-26-39(3)55(40(4)27-37)59(56-41(5)28-38(2)29-42(56)6)49-13-11-12-46(31-49)45-18-20-47(21-19-45)57-32-43-30-44(33-57)35-58(34-43,36-57)48-22-24-50(25-23-48)60-53-16-9-7-14-51(53)52-15-8-10-17-54(52)60/h7-29,31,43-44H,30,32-36H2,1-6H3. The maximum atomic E-state index is 2.52. The van der Waals surface area contributed by atoms with E-state index in [2.05, 4.69) is 192 Å². The lowest BCUT2D eigenvalue weighted by Gasteiger charge is -2.63. The molecule has 1 aromatic heterocycles. The van der Waals surface area contributed by atoms with E-state index in [1.54, 1.807) is 11.1 Å². The summed E-state index contributed by atoms with van der Waals surface area (Å²) in [6.45, 7) is 13.8. The molecule has 4 aliphatic carbocycles. The molecule has 4 saturated carbocycles. The number of fused-ring (bicyclic) bond motifs is 3. The lowest BCUT2D eigenvalue weighted by atomic mass is 9.34. The zero-order valence-corrected chi connectivity index (χ0v) is 36.3. The molecule has 4 bridgehead atoms. The lowest BCUT2D eigenvalue weighted by Crippen LogP contribution is -2.56. The van der Waals surface area contributed by atoms with Crippen molar-refractivity contribution in [2.24, 2.45) is 11.8 Å². The van der Waals surface area contributed by atoms with Gasteiger partial charge in [-0.2, -0.15) is 0 Å². The minimum atomic E-state index is 0.171. The molecule has 4 fully saturated rings. The number of benzene rings is 7. The SMILES string of the molecule is Cc1cc(C)c(B(c2cccc(-c3ccc(C45CC6CC(C4)CC(c4ccc(-n7c8ccccc8c8ccccc87)cc4)(C6)C5)cc3)c2)c2c(C)cc(C)cc2C)c(C)c1. The van der Waals surface area contributed by atoms with Crippen molar-refractivity contribution in [1.82, 2.24) is 4.57 Å². The second-order valence-corrected chi connectivity index (χ2v) is 19.7. The summed E-state index contributed by atoms with van der Waals surface area (Å²) in [4.78, 5) is 0. The van der Waals surface area contributed by atoms with Gasteiger partial charge in [-0.1, -0.05) is 171 Å². The van der Waals surface area contributed by atoms with E-state index in [4.69, 9.17) is 0 Å². The summed E-state index contributed by atoms with van der Waals surface area (Å²) in [5.41, 5.74) is 22.5. The third kappa shape index (κ3) is 5.96. The highest BCUT2D eigenvalue weighted by molar-refractivity contribution is 6.96. The summed E-state index contributed by atoms with van der Waals surface area (Å²) in [6.07, 6.45) is 8.03. The second-order valence-electron chi connectivity index (χ2n) is 19.7. The Balaban J connectivity index is 0.923. The van der Waals surface area contributed by atoms with Gasteiger partial charge in [0.25, 0.3) is 0 Å². The number of nitrogens with zero attached hydrogens (tertiary/aromatic N) is 1. The Kier molecular flexibility index (Phi) is 8.72. The first-order valence-corrected chi connectivity index (χ1v) is 22.5. The fourth-order valence-corrected chi connectivity index (χ4v) is 13.8. The van der Waals surface area contributed by atoms with Crippen molar-refractivity contribution in [2.45, 2.75) is 90.9 Å². The van der Waals surface area contributed by atoms with Crippen LogP contribution in [0.15, 0.2) is 146 Å². The van der Waals surface area contributed by atoms with Gasteiger partial charge in [0.05, 0.1) is 11.0 Å². The van der Waals surface area contributed by atoms with Crippen molar-refractivity contribution >= 4 is 44.9 Å². The van der Waals surface area contributed by atoms with Gasteiger partial charge >= 0.3 is 0 Å². The van der Waals surface area contributed by atoms with Crippen LogP contribution in [0.25, 0.3) is 38.6 Å². The molecule has 2 atom stereocenters. The van der Waals surface area contributed by atoms with Crippen LogP contribution in [-0.2, 0) is 10.8 Å². The molecule has 2 heteroatoms. The van der Waals surface area contributed by atoms with Gasteiger partial charge in [-0.05, 0) is 149 Å². The third-order valence-corrected chi connectivity index (χ3v) is 15.5. The highest BCUT2D eigenvalue weighted by atomic mass is 15.0. The van der Waals surface area contributed by atoms with E-state index in [1.807, 2.05) is 0 Å². The maximum Gasteiger partial charge on any atom is 0.242 e. The number of hydrogen-bond donors (Lipinski definition) is 0. The molecule has 0 amide bonds. The van der Waals surface area contributed by atoms with Gasteiger partial charge in [0.2, 0.25) is 6.71 Å². The van der Waals surface area contributed by atoms with Crippen molar-refractivity contribution < 1.29 is 0 Å². The zero-order valence-electron chi connectivity index (χ0n) is 36.3. The van der Waals surface area contributed by atoms with E-state index < -0.39 is 0 Å². The predicted molar refractivity (Wildman–Crippen MR) is 257 cm³/mol. The molecule has 12 rings (SSSR count). The first-order valence-electron chi connectivity index (χ1n) is 22.5. The Morgan fingerprint density at radius 3 is 1.43 bits per heavy atom. The Morgan fingerprint density at radius 1 is 0.467 bits per heavy atom. The normalized spacial score (nSPS) is 21.9. The van der Waals surface area contributed by atoms with Crippen LogP contribution in [0.1, 0.15) is 83.0 Å². The van der Waals surface area contributed by atoms with Crippen molar-refractivity contribution in [2.75, 3.05) is 0 Å². The Morgan fingerprint density at radius 2 is 0.933 bits per heavy atom. The zero-order chi connectivity index (χ0) is 40.9. The van der Waals surface area contributed by atoms with E-state index in [0.29, 0.717) is 0 Å². The summed E-state index contributed by atoms with van der Waals surface area (Å²) in [5.74, 6) is 1.61. The van der Waals surface area contributed by atoms with Crippen molar-refractivity contribution in [3.63, 3.8) is 0 Å². The van der Waals surface area contributed by atoms with Crippen molar-refractivity contribution in [3.05, 3.63) is 190 Å². The van der Waals surface area contributed by atoms with E-state index >= 15 is 0 Å². The van der Waals surface area contributed by atoms with Gasteiger partial charge in [0, 0.05) is 16.5 Å². The lowest BCUT2D eigenvalue weighted by molar-refractivity contribution is -0.0281. The molecule has 60 heavy (non-hydrogen) atoms. The van der Waals surface area contributed by atoms with Crippen LogP contribution in [0.5, 0.6) is 0 Å². The highest BCUT2D eigenvalue weighted by Gasteiger charge is 2.58. The summed E-state index contributed by atoms with van der Waals surface area (Å²) in [7, 11) is 0. The van der Waals surface area contributed by atoms with Crippen LogP contribution in [0.2, 0.25) is 0 Å². The molecule has 1 heterocycles. The second kappa shape index (κ2) is 14.0. The topological polar surface area (TPSA) is 4.93 Å². The van der Waals surface area contributed by atoms with Gasteiger partial charge in [-0.3, -0.25) is 0 Å². The molecule has 0 spiro atoms. The number of para-hydroxylation sites is 2. The summed E-state index contributed by atoms with van der Waals surface area (Å²) in [5, 5.41) is 2.64. The number of aromatic nitrogens is 1. The number of aryl methyl sites for hydroxylation is 6. The largest absolute Gasteiger partial charge is 0.309 e. The fourth-order valence-electron chi connectivity index (χ4n) is 13.8. The van der Waals surface area contributed by atoms with Crippen LogP contribution in [0, 0.1) is 53.4 Å². The molecule has 7 aromatic carbocycles. The van der Waals surface area contributed by atoms with Crippen LogP contribution >= 0.6 is 0 Å². The average Bonchev–Trinajstić information content (AvgIpc) is 3.57. The van der Waals surface area contributed by atoms with E-state index in [1.165, 1.54) is 127 Å². The quantitative estimate of drug-likeness (QED) is 0.142. The van der Waals surface area contributed by atoms with Crippen LogP contribution < -0.4 is 16.4 Å². The molecule has 0 radical (unpaired) electrons. The van der Waals surface area contributed by atoms with Gasteiger partial charge in [0.15, 0.2) is 0 Å². The van der Waals surface area contributed by atoms with Gasteiger partial charge in [-0.15, -0.1) is 0 Å². The molecule has 2 unspecified atom stereocenters. The number of hydrogen-bond acceptors (Lipinski definition) is 0. The molecule has 8 aromatic rings. The smallest absolute Gasteiger partial charge is 0.242 e. The highest BCUT2D eigenvalue weighted by Crippen LogP contribution is 2.66. The third-order valence-electron chi connectivity index (χ3n) is 15.5. The Labute approximate surface area is 357 Å². The van der Waals surface area contributed by atoms with Gasteiger partial charge in [-0.25, -0.2) is 0 Å². The molecular formula is C58H56BN. The fraction of sp³-hybridized carbons (Fsp3) is 0.276. The van der Waals surface area contributed by atoms with Gasteiger partial charge in [0.1, 0.15) is 0 Å². The molecule has 0 aliphatic heterocycles. The maximum absolute atomic E-state index is 2.52. The molecule has 4 aliphatic rings.